The molecule has 0 aliphatic heterocycles. The lowest BCUT2D eigenvalue weighted by Gasteiger charge is -2.42. The minimum Gasteiger partial charge on any atom is -0.530 e. The molecule has 0 unspecified atom stereocenters. The van der Waals surface area contributed by atoms with Crippen LogP contribution in [-0.2, 0) is 43.3 Å². The SMILES string of the molecule is CC(C)(C)c1cc(C(c2cc(C(C)(C)C)c(O[Si](c3ccccc3)(c3ccccc3)c3ccccc3)c(C(C)(C)C)c2)C(c2cc(C(C)(C)C)c(O[Si](c3ccccc3)(c3ccccc3)c3ccccc3)c(C(C)(C)C)c2)c2cc(C(C)(C)C)c(O[Si](c3ccccc3)(c3ccccc3)c3ccccc3)c(C(C)(C)C)c2)cc(C(C)(C)C)c1O[Si](c1ccccc1)(c1ccccc1)c1ccccc1. The molecule has 16 aromatic carbocycles. The zero-order valence-corrected chi connectivity index (χ0v) is 90.0. The second kappa shape index (κ2) is 38.8. The lowest BCUT2D eigenvalue weighted by Crippen LogP contribution is -2.71. The molecular formula is C130H142O4Si4. The number of benzene rings is 16. The summed E-state index contributed by atoms with van der Waals surface area (Å²) in [6.45, 7) is 58.0. The Morgan fingerprint density at radius 3 is 0.304 bits per heavy atom. The van der Waals surface area contributed by atoms with E-state index in [4.69, 9.17) is 17.7 Å². The van der Waals surface area contributed by atoms with Crippen molar-refractivity contribution in [2.24, 2.45) is 0 Å². The summed E-state index contributed by atoms with van der Waals surface area (Å²) in [5.74, 6) is 2.63. The van der Waals surface area contributed by atoms with E-state index in [1.54, 1.807) is 0 Å². The molecule has 0 bridgehead atoms. The summed E-state index contributed by atoms with van der Waals surface area (Å²) in [5.41, 5.74) is 9.31. The first-order valence-corrected chi connectivity index (χ1v) is 57.3. The third-order valence-corrected chi connectivity index (χ3v) is 43.7. The van der Waals surface area contributed by atoms with Gasteiger partial charge in [0.05, 0.1) is 0 Å². The number of rotatable bonds is 25. The Bertz CT molecular complexity index is 5460. The van der Waals surface area contributed by atoms with E-state index in [2.05, 4.69) is 579 Å². The molecule has 0 radical (unpaired) electrons. The van der Waals surface area contributed by atoms with E-state index in [1.165, 1.54) is 22.3 Å². The molecule has 702 valence electrons. The van der Waals surface area contributed by atoms with Crippen LogP contribution in [0.15, 0.2) is 413 Å². The van der Waals surface area contributed by atoms with E-state index in [0.29, 0.717) is 0 Å². The molecule has 0 heterocycles. The van der Waals surface area contributed by atoms with Crippen LogP contribution in [0.4, 0.5) is 0 Å². The predicted molar refractivity (Wildman–Crippen MR) is 597 cm³/mol. The summed E-state index contributed by atoms with van der Waals surface area (Å²) >= 11 is 0. The predicted octanol–water partition coefficient (Wildman–Crippen LogP) is 25.2. The van der Waals surface area contributed by atoms with Crippen molar-refractivity contribution in [1.29, 1.82) is 0 Å². The Hall–Kier alpha value is -12.4. The van der Waals surface area contributed by atoms with Crippen LogP contribution in [0.3, 0.4) is 0 Å². The zero-order valence-electron chi connectivity index (χ0n) is 86.0. The van der Waals surface area contributed by atoms with Crippen LogP contribution in [0.1, 0.15) is 245 Å². The molecule has 0 N–H and O–H groups in total. The summed E-state index contributed by atoms with van der Waals surface area (Å²) in [4.78, 5) is 0. The molecule has 0 aliphatic rings. The minimum absolute atomic E-state index is 0.520. The van der Waals surface area contributed by atoms with Crippen molar-refractivity contribution in [3.63, 3.8) is 0 Å². The second-order valence-corrected chi connectivity index (χ2v) is 59.5. The van der Waals surface area contributed by atoms with E-state index in [0.717, 1.165) is 130 Å². The highest BCUT2D eigenvalue weighted by Crippen LogP contribution is 2.56. The highest BCUT2D eigenvalue weighted by Gasteiger charge is 2.53. The Kier molecular flexibility index (Phi) is 27.7. The van der Waals surface area contributed by atoms with E-state index in [9.17, 15) is 0 Å². The quantitative estimate of drug-likeness (QED) is 0.0422. The van der Waals surface area contributed by atoms with Gasteiger partial charge < -0.3 is 17.7 Å². The fourth-order valence-corrected chi connectivity index (χ4v) is 36.2. The molecule has 0 amide bonds. The fourth-order valence-electron chi connectivity index (χ4n) is 20.8. The zero-order chi connectivity index (χ0) is 98.2. The summed E-state index contributed by atoms with van der Waals surface area (Å²) < 4.78 is 35.4. The molecule has 0 aliphatic carbocycles. The van der Waals surface area contributed by atoms with E-state index >= 15 is 0 Å². The Labute approximate surface area is 830 Å². The first-order valence-electron chi connectivity index (χ1n) is 49.7. The van der Waals surface area contributed by atoms with Gasteiger partial charge in [0, 0.05) is 11.8 Å². The van der Waals surface area contributed by atoms with Gasteiger partial charge in [-0.1, -0.05) is 579 Å². The highest BCUT2D eigenvalue weighted by atomic mass is 28.4. The molecule has 16 rings (SSSR count). The average Bonchev–Trinajstić information content (AvgIpc) is 0.771. The largest absolute Gasteiger partial charge is 0.530 e. The topological polar surface area (TPSA) is 36.9 Å². The van der Waals surface area contributed by atoms with Crippen LogP contribution in [0, 0.1) is 0 Å². The van der Waals surface area contributed by atoms with E-state index in [-0.39, 0.29) is 0 Å². The molecule has 0 saturated carbocycles. The van der Waals surface area contributed by atoms with Crippen molar-refractivity contribution in [2.45, 2.75) is 221 Å². The minimum atomic E-state index is -3.58. The maximum Gasteiger partial charge on any atom is 0.346 e. The van der Waals surface area contributed by atoms with Crippen LogP contribution >= 0.6 is 0 Å². The maximum absolute atomic E-state index is 8.86. The van der Waals surface area contributed by atoms with Crippen LogP contribution in [0.2, 0.25) is 0 Å². The van der Waals surface area contributed by atoms with Crippen molar-refractivity contribution in [1.82, 2.24) is 0 Å². The van der Waals surface area contributed by atoms with Gasteiger partial charge in [-0.2, -0.15) is 0 Å². The van der Waals surface area contributed by atoms with Crippen molar-refractivity contribution in [3.05, 3.63) is 479 Å². The van der Waals surface area contributed by atoms with Crippen LogP contribution in [-0.4, -0.2) is 33.3 Å². The molecule has 0 saturated heterocycles. The molecule has 0 atom stereocenters. The Morgan fingerprint density at radius 2 is 0.225 bits per heavy atom. The first-order chi connectivity index (χ1) is 65.5. The molecule has 16 aromatic rings. The summed E-state index contributed by atoms with van der Waals surface area (Å²) in [6.07, 6.45) is 0. The maximum atomic E-state index is 8.86. The summed E-state index contributed by atoms with van der Waals surface area (Å²) in [7, 11) is -14.3. The van der Waals surface area contributed by atoms with Gasteiger partial charge in [-0.05, 0) is 172 Å². The van der Waals surface area contributed by atoms with Gasteiger partial charge in [0.1, 0.15) is 23.0 Å². The lowest BCUT2D eigenvalue weighted by atomic mass is 9.66. The van der Waals surface area contributed by atoms with Gasteiger partial charge in [-0.15, -0.1) is 0 Å². The van der Waals surface area contributed by atoms with Gasteiger partial charge in [-0.3, -0.25) is 0 Å². The van der Waals surface area contributed by atoms with Crippen molar-refractivity contribution in [3.8, 4) is 23.0 Å². The molecular weight excluding hydrogens is 1740 g/mol. The van der Waals surface area contributed by atoms with Crippen molar-refractivity contribution < 1.29 is 17.7 Å². The van der Waals surface area contributed by atoms with Gasteiger partial charge in [0.2, 0.25) is 0 Å². The smallest absolute Gasteiger partial charge is 0.346 e. The summed E-state index contributed by atoms with van der Waals surface area (Å²) in [5, 5.41) is 14.0. The normalized spacial score (nSPS) is 12.9. The number of hydrogen-bond acceptors (Lipinski definition) is 4. The van der Waals surface area contributed by atoms with Crippen molar-refractivity contribution in [2.75, 3.05) is 0 Å². The van der Waals surface area contributed by atoms with Crippen LogP contribution < -0.4 is 79.9 Å². The first kappa shape index (κ1) is 98.6. The van der Waals surface area contributed by atoms with Gasteiger partial charge in [-0.25, -0.2) is 0 Å². The molecule has 4 nitrogen and oxygen atoms in total. The molecule has 0 aromatic heterocycles. The number of hydrogen-bond donors (Lipinski definition) is 0. The molecule has 138 heavy (non-hydrogen) atoms. The molecule has 8 heteroatoms. The van der Waals surface area contributed by atoms with Gasteiger partial charge in [0.15, 0.2) is 0 Å². The van der Waals surface area contributed by atoms with E-state index < -0.39 is 88.4 Å². The van der Waals surface area contributed by atoms with E-state index in [1.807, 2.05) is 0 Å². The standard InChI is InChI=1S/C130H142O4Si4/c1-123(2,3)109-85-93(86-110(124(4,5)6)119(109)131-135(97-61-37-25-38-62-97,98-63-39-26-40-64-98)99-65-41-27-42-66-99)117(94-87-111(125(7,8)9)120(112(88-94)126(10,11)12)132-136(100-67-43-28-44-68-100,101-69-45-29-46-70-101)102-71-47-30-48-72-102)118(95-89-113(127(13,14)15)121(114(90-95)128(16,17)18)133-137(103-73-49-31-50-74-103,104-75-51-32-52-76-104)105-77-53-33-54-78-105)96-91-115(129(19,20)21)122(116(92-96)130(22,23)24)134-138(106-79-55-34-56-80-106,107-81-57-35-58-82-107)108-83-59-36-60-84-108/h25-92,117-118H,1-24H3. The highest BCUT2D eigenvalue weighted by molar-refractivity contribution is 7.09. The molecule has 0 spiro atoms. The Balaban J connectivity index is 1.13. The second-order valence-electron chi connectivity index (χ2n) is 46.3. The Morgan fingerprint density at radius 1 is 0.138 bits per heavy atom. The van der Waals surface area contributed by atoms with Gasteiger partial charge >= 0.3 is 33.3 Å². The third kappa shape index (κ3) is 19.6. The monoisotopic (exact) mass is 1880 g/mol. The molecule has 0 fully saturated rings. The average molecular weight is 1880 g/mol. The lowest BCUT2D eigenvalue weighted by molar-refractivity contribution is 0.476. The fraction of sp³-hybridized carbons (Fsp3) is 0.262. The van der Waals surface area contributed by atoms with Crippen LogP contribution in [0.25, 0.3) is 0 Å². The van der Waals surface area contributed by atoms with Crippen LogP contribution in [0.5, 0.6) is 23.0 Å². The third-order valence-electron chi connectivity index (χ3n) is 27.9. The van der Waals surface area contributed by atoms with Crippen molar-refractivity contribution >= 4 is 95.5 Å². The summed E-state index contributed by atoms with van der Waals surface area (Å²) in [6, 6.07) is 155. The van der Waals surface area contributed by atoms with Gasteiger partial charge in [0.25, 0.3) is 0 Å².